The molecule has 0 bridgehead atoms. The fourth-order valence-electron chi connectivity index (χ4n) is 2.31. The Balaban J connectivity index is 1.69. The van der Waals surface area contributed by atoms with Crippen molar-refractivity contribution in [1.29, 1.82) is 0 Å². The summed E-state index contributed by atoms with van der Waals surface area (Å²) in [4.78, 5) is 16.8. The molecular formula is C19H18N2O3S. The number of nitrogens with zero attached hydrogens (tertiary/aromatic N) is 2. The molecule has 0 atom stereocenters. The smallest absolute Gasteiger partial charge is 0.341 e. The third-order valence-corrected chi connectivity index (χ3v) is 4.77. The highest BCUT2D eigenvalue weighted by atomic mass is 32.2. The number of aromatic nitrogens is 2. The van der Waals surface area contributed by atoms with Crippen molar-refractivity contribution in [2.45, 2.75) is 31.2 Å². The second kappa shape index (κ2) is 7.98. The largest absolute Gasteiger partial charge is 0.457 e. The van der Waals surface area contributed by atoms with E-state index in [0.717, 1.165) is 22.6 Å². The van der Waals surface area contributed by atoms with Crippen molar-refractivity contribution >= 4 is 17.7 Å². The summed E-state index contributed by atoms with van der Waals surface area (Å²) in [7, 11) is 0. The van der Waals surface area contributed by atoms with Gasteiger partial charge < -0.3 is 9.26 Å². The molecule has 3 aromatic rings. The van der Waals surface area contributed by atoms with Crippen molar-refractivity contribution in [3.63, 3.8) is 0 Å². The van der Waals surface area contributed by atoms with Crippen LogP contribution < -0.4 is 0 Å². The number of pyridine rings is 1. The van der Waals surface area contributed by atoms with Crippen molar-refractivity contribution in [2.24, 2.45) is 0 Å². The Bertz CT molecular complexity index is 843. The summed E-state index contributed by atoms with van der Waals surface area (Å²) in [6.45, 7) is 4.02. The Labute approximate surface area is 150 Å². The van der Waals surface area contributed by atoms with Crippen LogP contribution in [0.4, 0.5) is 0 Å². The van der Waals surface area contributed by atoms with Crippen LogP contribution in [0, 0.1) is 13.8 Å². The van der Waals surface area contributed by atoms with E-state index in [4.69, 9.17) is 9.26 Å². The minimum absolute atomic E-state index is 0.239. The van der Waals surface area contributed by atoms with Crippen LogP contribution in [0.3, 0.4) is 0 Å². The Morgan fingerprint density at radius 3 is 2.68 bits per heavy atom. The minimum Gasteiger partial charge on any atom is -0.457 e. The lowest BCUT2D eigenvalue weighted by atomic mass is 10.2. The maximum absolute atomic E-state index is 12.4. The highest BCUT2D eigenvalue weighted by molar-refractivity contribution is 7.98. The van der Waals surface area contributed by atoms with Crippen molar-refractivity contribution < 1.29 is 14.1 Å². The topological polar surface area (TPSA) is 65.2 Å². The molecule has 6 heteroatoms. The molecule has 0 radical (unpaired) electrons. The lowest BCUT2D eigenvalue weighted by molar-refractivity contribution is 0.0467. The predicted octanol–water partition coefficient (Wildman–Crippen LogP) is 4.34. The summed E-state index contributed by atoms with van der Waals surface area (Å²) in [5.41, 5.74) is 3.30. The van der Waals surface area contributed by atoms with E-state index in [0.29, 0.717) is 16.3 Å². The van der Waals surface area contributed by atoms with Gasteiger partial charge in [0.05, 0.1) is 11.3 Å². The number of thioether (sulfide) groups is 1. The van der Waals surface area contributed by atoms with Crippen LogP contribution in [0.15, 0.2) is 58.2 Å². The molecule has 3 rings (SSSR count). The molecule has 0 spiro atoms. The summed E-state index contributed by atoms with van der Waals surface area (Å²) in [5.74, 6) is 1.05. The molecule has 0 unspecified atom stereocenters. The molecule has 0 aliphatic heterocycles. The standard InChI is InChI=1S/C19H18N2O3S/c1-13-17(14(2)24-21-13)12-25-18-16(9-6-10-20-18)19(22)23-11-15-7-4-3-5-8-15/h3-10H,11-12H2,1-2H3. The lowest BCUT2D eigenvalue weighted by Crippen LogP contribution is -2.07. The van der Waals surface area contributed by atoms with Crippen LogP contribution in [-0.4, -0.2) is 16.1 Å². The van der Waals surface area contributed by atoms with Gasteiger partial charge in [0.15, 0.2) is 0 Å². The fourth-order valence-corrected chi connectivity index (χ4v) is 3.45. The second-order valence-electron chi connectivity index (χ2n) is 5.51. The maximum Gasteiger partial charge on any atom is 0.341 e. The number of carbonyl (C=O) groups excluding carboxylic acids is 1. The quantitative estimate of drug-likeness (QED) is 0.485. The molecular weight excluding hydrogens is 336 g/mol. The van der Waals surface area contributed by atoms with Crippen LogP contribution in [-0.2, 0) is 17.1 Å². The molecule has 0 saturated heterocycles. The molecule has 25 heavy (non-hydrogen) atoms. The number of rotatable bonds is 6. The van der Waals surface area contributed by atoms with Gasteiger partial charge in [-0.1, -0.05) is 35.5 Å². The summed E-state index contributed by atoms with van der Waals surface area (Å²) >= 11 is 1.47. The summed E-state index contributed by atoms with van der Waals surface area (Å²) in [6.07, 6.45) is 1.67. The molecule has 2 aromatic heterocycles. The average molecular weight is 354 g/mol. The van der Waals surface area contributed by atoms with Gasteiger partial charge in [-0.3, -0.25) is 0 Å². The van der Waals surface area contributed by atoms with Crippen molar-refractivity contribution in [3.8, 4) is 0 Å². The minimum atomic E-state index is -0.377. The molecule has 2 heterocycles. The zero-order valence-electron chi connectivity index (χ0n) is 14.1. The highest BCUT2D eigenvalue weighted by Crippen LogP contribution is 2.27. The number of carbonyl (C=O) groups is 1. The van der Waals surface area contributed by atoms with Crippen LogP contribution in [0.1, 0.15) is 32.9 Å². The van der Waals surface area contributed by atoms with E-state index < -0.39 is 0 Å². The van der Waals surface area contributed by atoms with Gasteiger partial charge in [0, 0.05) is 17.5 Å². The molecule has 0 aliphatic carbocycles. The Hall–Kier alpha value is -2.60. The first-order valence-electron chi connectivity index (χ1n) is 7.85. The fraction of sp³-hybridized carbons (Fsp3) is 0.211. The summed E-state index contributed by atoms with van der Waals surface area (Å²) in [6, 6.07) is 13.1. The van der Waals surface area contributed by atoms with E-state index >= 15 is 0 Å². The molecule has 128 valence electrons. The number of hydrogen-bond donors (Lipinski definition) is 0. The maximum atomic E-state index is 12.4. The number of aryl methyl sites for hydroxylation is 2. The average Bonchev–Trinajstić information content (AvgIpc) is 2.97. The van der Waals surface area contributed by atoms with E-state index in [-0.39, 0.29) is 12.6 Å². The Morgan fingerprint density at radius 1 is 1.16 bits per heavy atom. The van der Waals surface area contributed by atoms with Gasteiger partial charge >= 0.3 is 5.97 Å². The van der Waals surface area contributed by atoms with Crippen molar-refractivity contribution in [3.05, 3.63) is 76.8 Å². The summed E-state index contributed by atoms with van der Waals surface area (Å²) < 4.78 is 10.6. The van der Waals surface area contributed by atoms with Gasteiger partial charge in [0.2, 0.25) is 0 Å². The summed E-state index contributed by atoms with van der Waals surface area (Å²) in [5, 5.41) is 4.59. The van der Waals surface area contributed by atoms with Crippen molar-refractivity contribution in [1.82, 2.24) is 10.1 Å². The zero-order chi connectivity index (χ0) is 17.6. The zero-order valence-corrected chi connectivity index (χ0v) is 14.9. The van der Waals surface area contributed by atoms with E-state index in [1.54, 1.807) is 18.3 Å². The van der Waals surface area contributed by atoms with Gasteiger partial charge in [-0.15, -0.1) is 11.8 Å². The van der Waals surface area contributed by atoms with E-state index in [2.05, 4.69) is 10.1 Å². The van der Waals surface area contributed by atoms with Crippen LogP contribution in [0.25, 0.3) is 0 Å². The highest BCUT2D eigenvalue weighted by Gasteiger charge is 2.16. The first-order valence-corrected chi connectivity index (χ1v) is 8.84. The molecule has 0 amide bonds. The van der Waals surface area contributed by atoms with Gasteiger partial charge in [-0.25, -0.2) is 9.78 Å². The van der Waals surface area contributed by atoms with Crippen LogP contribution >= 0.6 is 11.8 Å². The molecule has 0 fully saturated rings. The SMILES string of the molecule is Cc1noc(C)c1CSc1ncccc1C(=O)OCc1ccccc1. The van der Waals surface area contributed by atoms with E-state index in [1.165, 1.54) is 11.8 Å². The molecule has 0 N–H and O–H groups in total. The number of hydrogen-bond acceptors (Lipinski definition) is 6. The normalized spacial score (nSPS) is 10.6. The number of benzene rings is 1. The van der Waals surface area contributed by atoms with Crippen molar-refractivity contribution in [2.75, 3.05) is 0 Å². The second-order valence-corrected chi connectivity index (χ2v) is 6.47. The third-order valence-electron chi connectivity index (χ3n) is 3.74. The van der Waals surface area contributed by atoms with Crippen LogP contribution in [0.2, 0.25) is 0 Å². The molecule has 0 saturated carbocycles. The Kier molecular flexibility index (Phi) is 5.50. The number of ether oxygens (including phenoxy) is 1. The molecule has 1 aromatic carbocycles. The Morgan fingerprint density at radius 2 is 1.96 bits per heavy atom. The van der Waals surface area contributed by atoms with E-state index in [9.17, 15) is 4.79 Å². The molecule has 5 nitrogen and oxygen atoms in total. The van der Waals surface area contributed by atoms with Gasteiger partial charge in [-0.2, -0.15) is 0 Å². The first-order chi connectivity index (χ1) is 12.1. The van der Waals surface area contributed by atoms with Crippen LogP contribution in [0.5, 0.6) is 0 Å². The van der Waals surface area contributed by atoms with Gasteiger partial charge in [0.1, 0.15) is 17.4 Å². The molecule has 0 aliphatic rings. The number of esters is 1. The van der Waals surface area contributed by atoms with E-state index in [1.807, 2.05) is 44.2 Å². The first kappa shape index (κ1) is 17.2. The third kappa shape index (κ3) is 4.28. The lowest BCUT2D eigenvalue weighted by Gasteiger charge is -2.08. The van der Waals surface area contributed by atoms with Gasteiger partial charge in [-0.05, 0) is 31.5 Å². The predicted molar refractivity (Wildman–Crippen MR) is 95.3 cm³/mol. The monoisotopic (exact) mass is 354 g/mol. The van der Waals surface area contributed by atoms with Gasteiger partial charge in [0.25, 0.3) is 0 Å².